The number of allylic oxidation sites excluding steroid dienone is 1. The van der Waals surface area contributed by atoms with Crippen LogP contribution in [0.5, 0.6) is 0 Å². The number of unbranched alkanes of at least 4 members (excludes halogenated alkanes) is 1. The molecule has 0 saturated heterocycles. The summed E-state index contributed by atoms with van der Waals surface area (Å²) in [7, 11) is -2.60. The van der Waals surface area contributed by atoms with Crippen LogP contribution in [0.4, 0.5) is 4.79 Å². The third-order valence-corrected chi connectivity index (χ3v) is 19.4. The van der Waals surface area contributed by atoms with Gasteiger partial charge in [0.2, 0.25) is 0 Å². The third kappa shape index (κ3) is 8.81. The maximum Gasteiger partial charge on any atom is 0.508 e. The lowest BCUT2D eigenvalue weighted by Crippen LogP contribution is -2.45. The largest absolute Gasteiger partial charge is 0.508 e. The third-order valence-electron chi connectivity index (χ3n) is 10.4. The molecule has 0 amide bonds. The van der Waals surface area contributed by atoms with Gasteiger partial charge < -0.3 is 18.3 Å². The number of fused-ring (bicyclic) bond motifs is 1. The summed E-state index contributed by atoms with van der Waals surface area (Å²) >= 11 is 0. The van der Waals surface area contributed by atoms with Crippen molar-refractivity contribution in [2.24, 2.45) is 23.2 Å². The summed E-state index contributed by atoms with van der Waals surface area (Å²) < 4.78 is 24.6. The monoisotopic (exact) mass is 594 g/mol. The molecule has 1 unspecified atom stereocenters. The standard InChI is InChI=1S/C33H62O5Si2/c1-14-15-17-25(2)22-26(37-39(10,11)31(3,4)5)19-20-27-28-18-16-21-33(28,24-36-30(34)35-9)23-29(27)38-40(12,13)32(6,7)8/h16,19-21,25-29H,14-15,17-18,22-24H2,1-13H3/b20-19+/t25?,26-,27+,28+,29-,33+/m1/s1. The van der Waals surface area contributed by atoms with E-state index in [9.17, 15) is 4.79 Å². The topological polar surface area (TPSA) is 54.0 Å². The number of ether oxygens (including phenoxy) is 2. The molecule has 2 aliphatic carbocycles. The van der Waals surface area contributed by atoms with E-state index < -0.39 is 22.8 Å². The van der Waals surface area contributed by atoms with Gasteiger partial charge in [-0.25, -0.2) is 4.79 Å². The van der Waals surface area contributed by atoms with Crippen molar-refractivity contribution in [3.8, 4) is 0 Å². The summed E-state index contributed by atoms with van der Waals surface area (Å²) in [5.41, 5.74) is -0.222. The zero-order chi connectivity index (χ0) is 30.6. The van der Waals surface area contributed by atoms with Gasteiger partial charge in [-0.1, -0.05) is 99.0 Å². The van der Waals surface area contributed by atoms with E-state index in [0.717, 1.165) is 19.3 Å². The van der Waals surface area contributed by atoms with Gasteiger partial charge in [0.15, 0.2) is 16.6 Å². The maximum absolute atomic E-state index is 12.0. The minimum Gasteiger partial charge on any atom is -0.438 e. The van der Waals surface area contributed by atoms with Crippen LogP contribution in [-0.2, 0) is 18.3 Å². The molecule has 6 atom stereocenters. The van der Waals surface area contributed by atoms with E-state index in [1.54, 1.807) is 0 Å². The van der Waals surface area contributed by atoms with Crippen molar-refractivity contribution >= 4 is 22.8 Å². The SMILES string of the molecule is CCCCC(C)C[C@@H](/C=C/[C@@H]1[C@H](O[Si](C)(C)C(C)(C)C)C[C@]2(COC(=O)OC)C=CC[C@@H]12)O[Si](C)(C)C(C)(C)C. The molecule has 40 heavy (non-hydrogen) atoms. The molecule has 7 heteroatoms. The first kappa shape index (κ1) is 35.3. The van der Waals surface area contributed by atoms with Crippen LogP contribution in [0.15, 0.2) is 24.3 Å². The smallest absolute Gasteiger partial charge is 0.438 e. The number of carbonyl (C=O) groups excluding carboxylic acids is 1. The summed E-state index contributed by atoms with van der Waals surface area (Å²) in [4.78, 5) is 12.0. The summed E-state index contributed by atoms with van der Waals surface area (Å²) in [5, 5.41) is 0.274. The molecular formula is C33H62O5Si2. The summed E-state index contributed by atoms with van der Waals surface area (Å²) in [5.74, 6) is 1.18. The predicted molar refractivity (Wildman–Crippen MR) is 173 cm³/mol. The fraction of sp³-hybridized carbons (Fsp3) is 0.848. The van der Waals surface area contributed by atoms with Gasteiger partial charge in [-0.05, 0) is 67.4 Å². The van der Waals surface area contributed by atoms with Crippen molar-refractivity contribution in [1.29, 1.82) is 0 Å². The molecule has 0 aromatic heterocycles. The van der Waals surface area contributed by atoms with Crippen molar-refractivity contribution in [3.63, 3.8) is 0 Å². The molecule has 2 aliphatic rings. The van der Waals surface area contributed by atoms with E-state index >= 15 is 0 Å². The number of hydrogen-bond acceptors (Lipinski definition) is 5. The van der Waals surface area contributed by atoms with Crippen LogP contribution in [0.25, 0.3) is 0 Å². The average Bonchev–Trinajstić information content (AvgIpc) is 3.33. The number of rotatable bonds is 13. The molecular weight excluding hydrogens is 533 g/mol. The molecule has 0 aromatic rings. The van der Waals surface area contributed by atoms with Crippen molar-refractivity contribution in [2.45, 2.75) is 142 Å². The molecule has 0 bridgehead atoms. The lowest BCUT2D eigenvalue weighted by molar-refractivity contribution is 0.0358. The van der Waals surface area contributed by atoms with Gasteiger partial charge in [0, 0.05) is 11.3 Å². The Kier molecular flexibility index (Phi) is 12.0. The number of methoxy groups -OCH3 is 1. The Morgan fingerprint density at radius 1 is 1.07 bits per heavy atom. The minimum atomic E-state index is -2.02. The van der Waals surface area contributed by atoms with E-state index in [0.29, 0.717) is 18.4 Å². The van der Waals surface area contributed by atoms with Crippen LogP contribution in [-0.4, -0.2) is 48.7 Å². The molecule has 2 rings (SSSR count). The average molecular weight is 595 g/mol. The Hall–Kier alpha value is -0.896. The van der Waals surface area contributed by atoms with Crippen molar-refractivity contribution in [3.05, 3.63) is 24.3 Å². The first-order valence-corrected chi connectivity index (χ1v) is 21.5. The van der Waals surface area contributed by atoms with Crippen LogP contribution < -0.4 is 0 Å². The quantitative estimate of drug-likeness (QED) is 0.121. The number of carbonyl (C=O) groups is 1. The molecule has 0 radical (unpaired) electrons. The molecule has 0 aliphatic heterocycles. The zero-order valence-electron chi connectivity index (χ0n) is 28.2. The van der Waals surface area contributed by atoms with E-state index in [1.807, 2.05) is 0 Å². The summed E-state index contributed by atoms with van der Waals surface area (Å²) in [6.45, 7) is 28.2. The Labute approximate surface area is 249 Å². The van der Waals surface area contributed by atoms with Crippen molar-refractivity contribution < 1.29 is 23.1 Å². The Balaban J connectivity index is 2.43. The first-order valence-electron chi connectivity index (χ1n) is 15.7. The van der Waals surface area contributed by atoms with Crippen LogP contribution in [0.3, 0.4) is 0 Å². The van der Waals surface area contributed by atoms with Gasteiger partial charge in [0.1, 0.15) is 6.61 Å². The van der Waals surface area contributed by atoms with E-state index in [1.165, 1.54) is 26.4 Å². The van der Waals surface area contributed by atoms with E-state index in [4.69, 9.17) is 18.3 Å². The predicted octanol–water partition coefficient (Wildman–Crippen LogP) is 9.91. The van der Waals surface area contributed by atoms with Gasteiger partial charge in [-0.2, -0.15) is 0 Å². The first-order chi connectivity index (χ1) is 18.3. The van der Waals surface area contributed by atoms with Gasteiger partial charge >= 0.3 is 6.16 Å². The molecule has 232 valence electrons. The van der Waals surface area contributed by atoms with Gasteiger partial charge in [-0.15, -0.1) is 0 Å². The fourth-order valence-electron chi connectivity index (χ4n) is 5.78. The highest BCUT2D eigenvalue weighted by Gasteiger charge is 2.56. The molecule has 5 nitrogen and oxygen atoms in total. The summed E-state index contributed by atoms with van der Waals surface area (Å²) in [6.07, 6.45) is 15.5. The van der Waals surface area contributed by atoms with Crippen LogP contribution >= 0.6 is 0 Å². The molecule has 0 N–H and O–H groups in total. The Morgan fingerprint density at radius 2 is 1.70 bits per heavy atom. The zero-order valence-corrected chi connectivity index (χ0v) is 30.2. The molecule has 0 aromatic carbocycles. The highest BCUT2D eigenvalue weighted by molar-refractivity contribution is 6.74. The molecule has 0 spiro atoms. The second-order valence-electron chi connectivity index (χ2n) is 15.7. The minimum absolute atomic E-state index is 0.0828. The Bertz CT molecular complexity index is 882. The van der Waals surface area contributed by atoms with Gasteiger partial charge in [0.05, 0.1) is 19.3 Å². The van der Waals surface area contributed by atoms with Crippen LogP contribution in [0.2, 0.25) is 36.3 Å². The maximum atomic E-state index is 12.0. The van der Waals surface area contributed by atoms with Crippen molar-refractivity contribution in [2.75, 3.05) is 13.7 Å². The lowest BCUT2D eigenvalue weighted by Gasteiger charge is -2.40. The Morgan fingerprint density at radius 3 is 2.25 bits per heavy atom. The van der Waals surface area contributed by atoms with Crippen LogP contribution in [0, 0.1) is 23.2 Å². The summed E-state index contributed by atoms with van der Waals surface area (Å²) in [6, 6.07) is 0. The van der Waals surface area contributed by atoms with E-state index in [-0.39, 0.29) is 33.6 Å². The molecule has 1 fully saturated rings. The van der Waals surface area contributed by atoms with Gasteiger partial charge in [-0.3, -0.25) is 0 Å². The second-order valence-corrected chi connectivity index (χ2v) is 25.2. The van der Waals surface area contributed by atoms with Gasteiger partial charge in [0.25, 0.3) is 0 Å². The normalized spacial score (nSPS) is 27.2. The van der Waals surface area contributed by atoms with Crippen molar-refractivity contribution in [1.82, 2.24) is 0 Å². The fourth-order valence-corrected chi connectivity index (χ4v) is 8.41. The van der Waals surface area contributed by atoms with Crippen LogP contribution in [0.1, 0.15) is 93.9 Å². The lowest BCUT2D eigenvalue weighted by atomic mass is 9.78. The molecule has 0 heterocycles. The number of hydrogen-bond donors (Lipinski definition) is 0. The highest BCUT2D eigenvalue weighted by atomic mass is 28.4. The highest BCUT2D eigenvalue weighted by Crippen LogP contribution is 2.56. The van der Waals surface area contributed by atoms with E-state index in [2.05, 4.69) is 106 Å². The molecule has 1 saturated carbocycles. The second kappa shape index (κ2) is 13.6.